The van der Waals surface area contributed by atoms with Gasteiger partial charge in [0.1, 0.15) is 0 Å². The topological polar surface area (TPSA) is 53.1 Å². The van der Waals surface area contributed by atoms with Gasteiger partial charge in [0.2, 0.25) is 5.56 Å². The molecule has 12 heavy (non-hydrogen) atoms. The lowest BCUT2D eigenvalue weighted by Gasteiger charge is -2.07. The van der Waals surface area contributed by atoms with Gasteiger partial charge >= 0.3 is 0 Å². The van der Waals surface area contributed by atoms with Gasteiger partial charge in [0.05, 0.1) is 5.60 Å². The second-order valence-electron chi connectivity index (χ2n) is 3.47. The van der Waals surface area contributed by atoms with Crippen LogP contribution < -0.4 is 5.56 Å². The van der Waals surface area contributed by atoms with Crippen LogP contribution in [0.1, 0.15) is 18.9 Å². The first-order valence-electron chi connectivity index (χ1n) is 4.04. The van der Waals surface area contributed by atoms with Gasteiger partial charge in [-0.3, -0.25) is 4.79 Å². The Hall–Kier alpha value is -1.09. The summed E-state index contributed by atoms with van der Waals surface area (Å²) in [6.07, 6.45) is 2.38. The van der Waals surface area contributed by atoms with E-state index >= 15 is 0 Å². The number of nitrogens with one attached hydrogen (secondary N) is 1. The number of pyridine rings is 1. The van der Waals surface area contributed by atoms with Crippen LogP contribution in [0, 0.1) is 5.92 Å². The number of aromatic nitrogens is 1. The van der Waals surface area contributed by atoms with E-state index in [1.165, 1.54) is 6.07 Å². The van der Waals surface area contributed by atoms with Crippen LogP contribution in [0.2, 0.25) is 0 Å². The predicted octanol–water partition coefficient (Wildman–Crippen LogP) is 0.602. The Kier molecular flexibility index (Phi) is 1.38. The molecule has 0 spiro atoms. The zero-order valence-electron chi connectivity index (χ0n) is 6.87. The fourth-order valence-electron chi connectivity index (χ4n) is 1.49. The first kappa shape index (κ1) is 7.55. The van der Waals surface area contributed by atoms with Crippen molar-refractivity contribution in [2.24, 2.45) is 5.92 Å². The standard InChI is InChI=1S/C9H11NO2/c1-6-4-9(6,12)7-2-3-8(11)10-5-7/h2-3,5-6,12H,4H2,1H3,(H,10,11). The van der Waals surface area contributed by atoms with Crippen LogP contribution in [0.3, 0.4) is 0 Å². The third-order valence-corrected chi connectivity index (χ3v) is 2.56. The van der Waals surface area contributed by atoms with Crippen molar-refractivity contribution in [1.29, 1.82) is 0 Å². The Balaban J connectivity index is 2.37. The summed E-state index contributed by atoms with van der Waals surface area (Å²) in [5.74, 6) is 0.309. The molecule has 1 heterocycles. The first-order valence-corrected chi connectivity index (χ1v) is 4.04. The first-order chi connectivity index (χ1) is 5.63. The number of aromatic amines is 1. The van der Waals surface area contributed by atoms with Gasteiger partial charge in [-0.05, 0) is 18.4 Å². The number of aliphatic hydroxyl groups is 1. The number of H-pyrrole nitrogens is 1. The fraction of sp³-hybridized carbons (Fsp3) is 0.444. The van der Waals surface area contributed by atoms with Crippen molar-refractivity contribution >= 4 is 0 Å². The molecule has 0 radical (unpaired) electrons. The molecule has 1 aromatic rings. The summed E-state index contributed by atoms with van der Waals surface area (Å²) in [5.41, 5.74) is 0.00903. The van der Waals surface area contributed by atoms with Crippen LogP contribution in [-0.4, -0.2) is 10.1 Å². The van der Waals surface area contributed by atoms with Crippen molar-refractivity contribution in [1.82, 2.24) is 4.98 Å². The van der Waals surface area contributed by atoms with Gasteiger partial charge in [0.25, 0.3) is 0 Å². The minimum absolute atomic E-state index is 0.129. The van der Waals surface area contributed by atoms with Crippen LogP contribution in [0.5, 0.6) is 0 Å². The lowest BCUT2D eigenvalue weighted by Crippen LogP contribution is -2.11. The Bertz CT molecular complexity index is 337. The third-order valence-electron chi connectivity index (χ3n) is 2.56. The summed E-state index contributed by atoms with van der Waals surface area (Å²) in [4.78, 5) is 13.3. The highest BCUT2D eigenvalue weighted by Crippen LogP contribution is 2.50. The highest BCUT2D eigenvalue weighted by molar-refractivity contribution is 5.25. The van der Waals surface area contributed by atoms with E-state index in [2.05, 4.69) is 4.98 Å². The zero-order valence-corrected chi connectivity index (χ0v) is 6.87. The van der Waals surface area contributed by atoms with Crippen LogP contribution in [-0.2, 0) is 5.60 Å². The molecule has 1 aliphatic carbocycles. The molecule has 1 fully saturated rings. The molecule has 1 aromatic heterocycles. The molecule has 0 bridgehead atoms. The average Bonchev–Trinajstić information content (AvgIpc) is 2.62. The maximum atomic E-state index is 10.7. The molecule has 64 valence electrons. The van der Waals surface area contributed by atoms with E-state index in [1.54, 1.807) is 12.3 Å². The monoisotopic (exact) mass is 165 g/mol. The molecule has 2 atom stereocenters. The van der Waals surface area contributed by atoms with Crippen LogP contribution >= 0.6 is 0 Å². The van der Waals surface area contributed by atoms with E-state index in [-0.39, 0.29) is 5.56 Å². The van der Waals surface area contributed by atoms with Gasteiger partial charge in [-0.2, -0.15) is 0 Å². The Morgan fingerprint density at radius 3 is 2.75 bits per heavy atom. The summed E-state index contributed by atoms with van der Waals surface area (Å²) in [5, 5.41) is 9.84. The molecule has 3 heteroatoms. The molecule has 0 amide bonds. The van der Waals surface area contributed by atoms with Crippen molar-refractivity contribution < 1.29 is 5.11 Å². The summed E-state index contributed by atoms with van der Waals surface area (Å²) in [6, 6.07) is 3.13. The maximum Gasteiger partial charge on any atom is 0.247 e. The third kappa shape index (κ3) is 0.975. The molecule has 0 aliphatic heterocycles. The molecule has 2 rings (SSSR count). The van der Waals surface area contributed by atoms with Crippen molar-refractivity contribution in [3.63, 3.8) is 0 Å². The lowest BCUT2D eigenvalue weighted by atomic mass is 10.1. The van der Waals surface area contributed by atoms with E-state index < -0.39 is 5.60 Å². The molecule has 2 unspecified atom stereocenters. The maximum absolute atomic E-state index is 10.7. The Labute approximate surface area is 70.1 Å². The van der Waals surface area contributed by atoms with Crippen molar-refractivity contribution in [2.45, 2.75) is 18.9 Å². The van der Waals surface area contributed by atoms with E-state index in [9.17, 15) is 9.90 Å². The van der Waals surface area contributed by atoms with E-state index in [0.29, 0.717) is 5.92 Å². The van der Waals surface area contributed by atoms with Gasteiger partial charge in [-0.25, -0.2) is 0 Å². The Morgan fingerprint density at radius 1 is 1.67 bits per heavy atom. The van der Waals surface area contributed by atoms with Gasteiger partial charge in [0.15, 0.2) is 0 Å². The Morgan fingerprint density at radius 2 is 2.33 bits per heavy atom. The molecular formula is C9H11NO2. The average molecular weight is 165 g/mol. The van der Waals surface area contributed by atoms with Gasteiger partial charge in [-0.15, -0.1) is 0 Å². The summed E-state index contributed by atoms with van der Waals surface area (Å²) in [6.45, 7) is 1.99. The van der Waals surface area contributed by atoms with Crippen LogP contribution in [0.25, 0.3) is 0 Å². The normalized spacial score (nSPS) is 33.3. The number of hydrogen-bond donors (Lipinski definition) is 2. The van der Waals surface area contributed by atoms with E-state index in [1.807, 2.05) is 6.92 Å². The molecule has 0 aromatic carbocycles. The number of rotatable bonds is 1. The second-order valence-corrected chi connectivity index (χ2v) is 3.47. The molecule has 3 nitrogen and oxygen atoms in total. The predicted molar refractivity (Wildman–Crippen MR) is 44.7 cm³/mol. The highest BCUT2D eigenvalue weighted by Gasteiger charge is 2.50. The van der Waals surface area contributed by atoms with Crippen LogP contribution in [0.4, 0.5) is 0 Å². The highest BCUT2D eigenvalue weighted by atomic mass is 16.3. The molecule has 1 saturated carbocycles. The quantitative estimate of drug-likeness (QED) is 0.640. The zero-order chi connectivity index (χ0) is 8.77. The van der Waals surface area contributed by atoms with Crippen molar-refractivity contribution in [3.8, 4) is 0 Å². The summed E-state index contributed by atoms with van der Waals surface area (Å²) < 4.78 is 0. The van der Waals surface area contributed by atoms with Gasteiger partial charge in [0, 0.05) is 17.8 Å². The van der Waals surface area contributed by atoms with Gasteiger partial charge in [-0.1, -0.05) is 6.92 Å². The fourth-order valence-corrected chi connectivity index (χ4v) is 1.49. The molecule has 1 aliphatic rings. The molecular weight excluding hydrogens is 154 g/mol. The summed E-state index contributed by atoms with van der Waals surface area (Å²) >= 11 is 0. The van der Waals surface area contributed by atoms with Crippen molar-refractivity contribution in [2.75, 3.05) is 0 Å². The van der Waals surface area contributed by atoms with Crippen molar-refractivity contribution in [3.05, 3.63) is 34.2 Å². The van der Waals surface area contributed by atoms with E-state index in [4.69, 9.17) is 0 Å². The SMILES string of the molecule is CC1CC1(O)c1ccc(=O)[nH]c1. The largest absolute Gasteiger partial charge is 0.385 e. The number of hydrogen-bond acceptors (Lipinski definition) is 2. The minimum Gasteiger partial charge on any atom is -0.385 e. The molecule has 0 saturated heterocycles. The van der Waals surface area contributed by atoms with Gasteiger partial charge < -0.3 is 10.1 Å². The minimum atomic E-state index is -0.676. The van der Waals surface area contributed by atoms with E-state index in [0.717, 1.165) is 12.0 Å². The smallest absolute Gasteiger partial charge is 0.247 e. The summed E-state index contributed by atoms with van der Waals surface area (Å²) in [7, 11) is 0. The lowest BCUT2D eigenvalue weighted by molar-refractivity contribution is 0.134. The van der Waals surface area contributed by atoms with Crippen LogP contribution in [0.15, 0.2) is 23.1 Å². The molecule has 2 N–H and O–H groups in total. The second kappa shape index (κ2) is 2.20.